The molecule has 0 bridgehead atoms. The van der Waals surface area contributed by atoms with E-state index in [1.54, 1.807) is 0 Å². The number of anilines is 1. The molecule has 3 nitrogen and oxygen atoms in total. The zero-order valence-corrected chi connectivity index (χ0v) is 13.4. The first-order valence-corrected chi connectivity index (χ1v) is 8.20. The van der Waals surface area contributed by atoms with E-state index in [0.29, 0.717) is 6.54 Å². The zero-order valence-electron chi connectivity index (χ0n) is 13.4. The lowest BCUT2D eigenvalue weighted by Gasteiger charge is -2.28. The molecule has 0 aromatic heterocycles. The van der Waals surface area contributed by atoms with Crippen LogP contribution in [-0.2, 0) is 17.6 Å². The van der Waals surface area contributed by atoms with E-state index in [1.807, 2.05) is 19.9 Å². The van der Waals surface area contributed by atoms with Crippen LogP contribution in [0, 0.1) is 5.41 Å². The lowest BCUT2D eigenvalue weighted by Crippen LogP contribution is -2.41. The van der Waals surface area contributed by atoms with Crippen LogP contribution in [0.4, 0.5) is 5.69 Å². The summed E-state index contributed by atoms with van der Waals surface area (Å²) in [5.41, 5.74) is 9.11. The molecule has 22 heavy (non-hydrogen) atoms. The Morgan fingerprint density at radius 2 is 1.82 bits per heavy atom. The molecule has 1 aliphatic rings. The molecule has 2 aromatic carbocycles. The fourth-order valence-corrected chi connectivity index (χ4v) is 3.56. The molecule has 3 rings (SSSR count). The third kappa shape index (κ3) is 2.20. The van der Waals surface area contributed by atoms with Crippen molar-refractivity contribution in [1.29, 1.82) is 0 Å². The smallest absolute Gasteiger partial charge is 0.231 e. The summed E-state index contributed by atoms with van der Waals surface area (Å²) in [6.45, 7) is 4.44. The highest BCUT2D eigenvalue weighted by atomic mass is 16.2. The maximum Gasteiger partial charge on any atom is 0.231 e. The van der Waals surface area contributed by atoms with Crippen LogP contribution in [-0.4, -0.2) is 12.5 Å². The van der Waals surface area contributed by atoms with E-state index in [4.69, 9.17) is 5.73 Å². The van der Waals surface area contributed by atoms with Gasteiger partial charge in [-0.2, -0.15) is 0 Å². The molecule has 0 heterocycles. The van der Waals surface area contributed by atoms with Crippen LogP contribution in [0.3, 0.4) is 0 Å². The van der Waals surface area contributed by atoms with Gasteiger partial charge in [0.25, 0.3) is 0 Å². The molecule has 0 atom stereocenters. The summed E-state index contributed by atoms with van der Waals surface area (Å²) in [5.74, 6) is 0.0405. The molecule has 2 aromatic rings. The Labute approximate surface area is 131 Å². The highest BCUT2D eigenvalue weighted by Crippen LogP contribution is 2.36. The molecular weight excluding hydrogens is 272 g/mol. The number of hydrogen-bond acceptors (Lipinski definition) is 2. The highest BCUT2D eigenvalue weighted by Gasteiger charge is 2.33. The lowest BCUT2D eigenvalue weighted by atomic mass is 9.81. The second kappa shape index (κ2) is 5.73. The van der Waals surface area contributed by atoms with E-state index >= 15 is 0 Å². The van der Waals surface area contributed by atoms with E-state index in [2.05, 4.69) is 29.6 Å². The summed E-state index contributed by atoms with van der Waals surface area (Å²) in [6, 6.07) is 10.6. The van der Waals surface area contributed by atoms with Crippen molar-refractivity contribution in [3.63, 3.8) is 0 Å². The van der Waals surface area contributed by atoms with Crippen LogP contribution >= 0.6 is 0 Å². The van der Waals surface area contributed by atoms with Gasteiger partial charge >= 0.3 is 0 Å². The molecule has 0 radical (unpaired) electrons. The number of nitrogens with one attached hydrogen (secondary N) is 1. The molecular formula is C19H24N2O. The van der Waals surface area contributed by atoms with Gasteiger partial charge in [0.1, 0.15) is 0 Å². The van der Waals surface area contributed by atoms with Crippen molar-refractivity contribution >= 4 is 22.4 Å². The first-order valence-electron chi connectivity index (χ1n) is 8.20. The minimum Gasteiger partial charge on any atom is -0.329 e. The Hall–Kier alpha value is -1.87. The average molecular weight is 296 g/mol. The summed E-state index contributed by atoms with van der Waals surface area (Å²) >= 11 is 0. The second-order valence-electron chi connectivity index (χ2n) is 6.26. The van der Waals surface area contributed by atoms with Gasteiger partial charge in [0.2, 0.25) is 5.91 Å². The highest BCUT2D eigenvalue weighted by molar-refractivity contribution is 6.06. The largest absolute Gasteiger partial charge is 0.329 e. The molecule has 3 N–H and O–H groups in total. The van der Waals surface area contributed by atoms with Crippen LogP contribution in [0.25, 0.3) is 10.8 Å². The Morgan fingerprint density at radius 3 is 2.45 bits per heavy atom. The molecule has 0 unspecified atom stereocenters. The normalized spacial score (nSPS) is 13.6. The molecule has 0 saturated carbocycles. The van der Waals surface area contributed by atoms with Crippen LogP contribution in [0.2, 0.25) is 0 Å². The number of hydrogen-bond donors (Lipinski definition) is 2. The first-order chi connectivity index (χ1) is 10.6. The Kier molecular flexibility index (Phi) is 3.92. The number of amides is 1. The SMILES string of the molecule is CCC(CC)(CN)C(=O)Nc1ccc2c3c(cccc13)CC2. The number of carbonyl (C=O) groups excluding carboxylic acids is 1. The van der Waals surface area contributed by atoms with Gasteiger partial charge in [0, 0.05) is 17.6 Å². The zero-order chi connectivity index (χ0) is 15.7. The number of nitrogens with two attached hydrogens (primary N) is 1. The number of rotatable bonds is 5. The van der Waals surface area contributed by atoms with Gasteiger partial charge < -0.3 is 11.1 Å². The summed E-state index contributed by atoms with van der Waals surface area (Å²) < 4.78 is 0. The van der Waals surface area contributed by atoms with E-state index in [0.717, 1.165) is 36.8 Å². The third-order valence-corrected chi connectivity index (χ3v) is 5.35. The fourth-order valence-electron chi connectivity index (χ4n) is 3.56. The number of aryl methyl sites for hydroxylation is 2. The average Bonchev–Trinajstić information content (AvgIpc) is 2.97. The standard InChI is InChI=1S/C19H24N2O/c1-3-19(4-2,12-20)18(22)21-16-11-10-14-9-8-13-6-5-7-15(16)17(13)14/h5-7,10-11H,3-4,8-9,12,20H2,1-2H3,(H,21,22). The lowest BCUT2D eigenvalue weighted by molar-refractivity contribution is -0.125. The maximum atomic E-state index is 12.8. The topological polar surface area (TPSA) is 55.1 Å². The Bertz CT molecular complexity index is 698. The molecule has 3 heteroatoms. The van der Waals surface area contributed by atoms with Crippen LogP contribution < -0.4 is 11.1 Å². The van der Waals surface area contributed by atoms with Gasteiger partial charge in [-0.25, -0.2) is 0 Å². The molecule has 1 aliphatic carbocycles. The molecule has 0 spiro atoms. The maximum absolute atomic E-state index is 12.8. The predicted molar refractivity (Wildman–Crippen MR) is 92.1 cm³/mol. The van der Waals surface area contributed by atoms with Crippen molar-refractivity contribution < 1.29 is 4.79 Å². The van der Waals surface area contributed by atoms with Crippen molar-refractivity contribution in [2.45, 2.75) is 39.5 Å². The molecule has 0 saturated heterocycles. The fraction of sp³-hybridized carbons (Fsp3) is 0.421. The molecule has 1 amide bonds. The van der Waals surface area contributed by atoms with E-state index in [9.17, 15) is 4.79 Å². The first kappa shape index (κ1) is 15.0. The van der Waals surface area contributed by atoms with Crippen LogP contribution in [0.1, 0.15) is 37.8 Å². The van der Waals surface area contributed by atoms with Gasteiger partial charge in [0.05, 0.1) is 5.41 Å². The van der Waals surface area contributed by atoms with Gasteiger partial charge in [-0.15, -0.1) is 0 Å². The quantitative estimate of drug-likeness (QED) is 0.885. The Balaban J connectivity index is 2.01. The number of carbonyl (C=O) groups is 1. The van der Waals surface area contributed by atoms with Crippen LogP contribution in [0.5, 0.6) is 0 Å². The monoisotopic (exact) mass is 296 g/mol. The van der Waals surface area contributed by atoms with Crippen molar-refractivity contribution in [2.24, 2.45) is 11.1 Å². The van der Waals surface area contributed by atoms with Crippen molar-refractivity contribution in [1.82, 2.24) is 0 Å². The van der Waals surface area contributed by atoms with Crippen molar-refractivity contribution in [2.75, 3.05) is 11.9 Å². The van der Waals surface area contributed by atoms with Gasteiger partial charge in [0.15, 0.2) is 0 Å². The van der Waals surface area contributed by atoms with E-state index < -0.39 is 5.41 Å². The summed E-state index contributed by atoms with van der Waals surface area (Å²) in [5, 5.41) is 5.62. The molecule has 116 valence electrons. The van der Waals surface area contributed by atoms with E-state index in [1.165, 1.54) is 16.5 Å². The minimum atomic E-state index is -0.469. The van der Waals surface area contributed by atoms with Crippen molar-refractivity contribution in [3.8, 4) is 0 Å². The molecule has 0 fully saturated rings. The summed E-state index contributed by atoms with van der Waals surface area (Å²) in [7, 11) is 0. The van der Waals surface area contributed by atoms with Crippen molar-refractivity contribution in [3.05, 3.63) is 41.5 Å². The molecule has 0 aliphatic heterocycles. The van der Waals surface area contributed by atoms with E-state index in [-0.39, 0.29) is 5.91 Å². The third-order valence-electron chi connectivity index (χ3n) is 5.35. The van der Waals surface area contributed by atoms with Gasteiger partial charge in [-0.3, -0.25) is 4.79 Å². The predicted octanol–water partition coefficient (Wildman–Crippen LogP) is 3.64. The van der Waals surface area contributed by atoms with Gasteiger partial charge in [-0.05, 0) is 48.3 Å². The summed E-state index contributed by atoms with van der Waals surface area (Å²) in [6.07, 6.45) is 3.71. The Morgan fingerprint density at radius 1 is 1.14 bits per heavy atom. The number of benzene rings is 2. The second-order valence-corrected chi connectivity index (χ2v) is 6.26. The minimum absolute atomic E-state index is 0.0405. The summed E-state index contributed by atoms with van der Waals surface area (Å²) in [4.78, 5) is 12.8. The van der Waals surface area contributed by atoms with Gasteiger partial charge in [-0.1, -0.05) is 38.1 Å². The van der Waals surface area contributed by atoms with Crippen LogP contribution in [0.15, 0.2) is 30.3 Å².